The topological polar surface area (TPSA) is 54.7 Å². The van der Waals surface area contributed by atoms with Gasteiger partial charge in [-0.25, -0.2) is 4.79 Å². The van der Waals surface area contributed by atoms with Crippen molar-refractivity contribution in [3.63, 3.8) is 0 Å². The van der Waals surface area contributed by atoms with Crippen molar-refractivity contribution in [2.45, 2.75) is 12.5 Å². The number of imide groups is 1. The Bertz CT molecular complexity index is 284. The molecule has 6 heteroatoms. The molecule has 2 aliphatic heterocycles. The summed E-state index contributed by atoms with van der Waals surface area (Å²) in [6, 6.07) is -0.192. The van der Waals surface area contributed by atoms with Gasteiger partial charge in [-0.05, 0) is 6.92 Å². The molecule has 2 saturated heterocycles. The van der Waals surface area contributed by atoms with Crippen LogP contribution in [0.3, 0.4) is 0 Å². The van der Waals surface area contributed by atoms with Gasteiger partial charge in [-0.2, -0.15) is 0 Å². The molecule has 0 radical (unpaired) electrons. The van der Waals surface area contributed by atoms with Crippen molar-refractivity contribution >= 4 is 11.9 Å². The normalized spacial score (nSPS) is 31.6. The Morgan fingerprint density at radius 2 is 2.07 bits per heavy atom. The quantitative estimate of drug-likeness (QED) is 0.559. The van der Waals surface area contributed by atoms with Crippen LogP contribution in [0.15, 0.2) is 0 Å². The maximum Gasteiger partial charge on any atom is 0.327 e. The summed E-state index contributed by atoms with van der Waals surface area (Å²) < 4.78 is 0. The number of piperazine rings is 1. The maximum absolute atomic E-state index is 11.7. The number of fused-ring (bicyclic) bond motifs is 1. The number of nitrogens with zero attached hydrogens (tertiary/aromatic N) is 3. The molecule has 2 rings (SSSR count). The minimum atomic E-state index is -0.704. The molecule has 0 bridgehead atoms. The molecule has 0 spiro atoms. The fourth-order valence-electron chi connectivity index (χ4n) is 1.92. The summed E-state index contributed by atoms with van der Waals surface area (Å²) in [4.78, 5) is 26.0. The molecule has 2 aliphatic rings. The van der Waals surface area contributed by atoms with Gasteiger partial charge in [0.05, 0.1) is 0 Å². The van der Waals surface area contributed by atoms with Crippen LogP contribution in [-0.4, -0.2) is 54.0 Å². The summed E-state index contributed by atoms with van der Waals surface area (Å²) in [6.45, 7) is 3.41. The smallest absolute Gasteiger partial charge is 0.327 e. The molecule has 2 fully saturated rings. The van der Waals surface area contributed by atoms with E-state index in [4.69, 9.17) is 0 Å². The van der Waals surface area contributed by atoms with Gasteiger partial charge in [-0.3, -0.25) is 9.69 Å². The van der Waals surface area contributed by atoms with E-state index in [2.05, 4.69) is 5.32 Å². The first-order valence-corrected chi connectivity index (χ1v) is 4.30. The van der Waals surface area contributed by atoms with Gasteiger partial charge in [0.25, 0.3) is 5.91 Å². The van der Waals surface area contributed by atoms with Crippen LogP contribution in [0.25, 0.3) is 5.32 Å². The summed E-state index contributed by atoms with van der Waals surface area (Å²) in [7, 11) is 1.52. The Hall–Kier alpha value is -0.412. The van der Waals surface area contributed by atoms with Crippen LogP contribution in [0.4, 0.5) is 4.79 Å². The van der Waals surface area contributed by atoms with E-state index in [-0.39, 0.29) is 33.0 Å². The van der Waals surface area contributed by atoms with Crippen LogP contribution >= 0.6 is 0 Å². The first-order valence-electron chi connectivity index (χ1n) is 4.30. The second-order valence-electron chi connectivity index (χ2n) is 3.68. The Morgan fingerprint density at radius 3 is 2.64 bits per heavy atom. The number of likely N-dealkylation sites (N-methyl/N-ethyl adjacent to an activating group) is 1. The molecule has 0 aromatic carbocycles. The fourth-order valence-corrected chi connectivity index (χ4v) is 1.92. The van der Waals surface area contributed by atoms with Gasteiger partial charge in [0.15, 0.2) is 0 Å². The Morgan fingerprint density at radius 1 is 1.43 bits per heavy atom. The third-order valence-electron chi connectivity index (χ3n) is 2.78. The molecular weight excluding hydrogens is 365 g/mol. The third-order valence-corrected chi connectivity index (χ3v) is 2.78. The first-order chi connectivity index (χ1) is 6.07. The second kappa shape index (κ2) is 3.63. The summed E-state index contributed by atoms with van der Waals surface area (Å²) in [6.07, 6.45) is 0. The van der Waals surface area contributed by atoms with Crippen molar-refractivity contribution in [1.29, 1.82) is 0 Å². The second-order valence-corrected chi connectivity index (χ2v) is 3.68. The summed E-state index contributed by atoms with van der Waals surface area (Å²) in [5, 5.41) is 4.17. The van der Waals surface area contributed by atoms with Crippen LogP contribution in [-0.2, 0) is 25.9 Å². The Balaban J connectivity index is 0.000000980. The number of hydrogen-bond donors (Lipinski definition) is 0. The van der Waals surface area contributed by atoms with E-state index in [0.717, 1.165) is 0 Å². The number of urea groups is 1. The minimum Gasteiger partial charge on any atom is -0.659 e. The molecule has 1 unspecified atom stereocenters. The van der Waals surface area contributed by atoms with E-state index in [1.54, 1.807) is 11.8 Å². The first kappa shape index (κ1) is 11.7. The van der Waals surface area contributed by atoms with E-state index >= 15 is 0 Å². The summed E-state index contributed by atoms with van der Waals surface area (Å²) in [5.74, 6) is -0.138. The van der Waals surface area contributed by atoms with E-state index in [0.29, 0.717) is 19.6 Å². The zero-order valence-corrected chi connectivity index (χ0v) is 10.4. The predicted molar refractivity (Wildman–Crippen MR) is 46.4 cm³/mol. The van der Waals surface area contributed by atoms with Gasteiger partial charge in [-0.1, -0.05) is 0 Å². The van der Waals surface area contributed by atoms with Gasteiger partial charge in [0, 0.05) is 34.7 Å². The molecule has 1 atom stereocenters. The molecule has 14 heavy (non-hydrogen) atoms. The van der Waals surface area contributed by atoms with Gasteiger partial charge >= 0.3 is 6.03 Å². The van der Waals surface area contributed by atoms with Gasteiger partial charge in [0.1, 0.15) is 5.54 Å². The van der Waals surface area contributed by atoms with Crippen LogP contribution in [0.5, 0.6) is 0 Å². The van der Waals surface area contributed by atoms with Crippen molar-refractivity contribution < 1.29 is 30.7 Å². The van der Waals surface area contributed by atoms with Crippen molar-refractivity contribution in [2.75, 3.05) is 26.7 Å². The monoisotopic (exact) mass is 377 g/mol. The van der Waals surface area contributed by atoms with Crippen molar-refractivity contribution in [3.8, 4) is 0 Å². The minimum absolute atomic E-state index is 0. The van der Waals surface area contributed by atoms with Crippen LogP contribution in [0.2, 0.25) is 0 Å². The molecule has 82 valence electrons. The van der Waals surface area contributed by atoms with Crippen LogP contribution in [0, 0.1) is 0 Å². The zero-order chi connectivity index (χ0) is 9.64. The number of rotatable bonds is 0. The molecular formula is C8H12N3O2Pt-. The van der Waals surface area contributed by atoms with E-state index in [9.17, 15) is 9.59 Å². The predicted octanol–water partition coefficient (Wildman–Crippen LogP) is 0.0239. The zero-order valence-electron chi connectivity index (χ0n) is 8.10. The van der Waals surface area contributed by atoms with Crippen molar-refractivity contribution in [2.24, 2.45) is 0 Å². The maximum atomic E-state index is 11.7. The average molecular weight is 377 g/mol. The van der Waals surface area contributed by atoms with Gasteiger partial charge in [0.2, 0.25) is 0 Å². The van der Waals surface area contributed by atoms with Crippen molar-refractivity contribution in [3.05, 3.63) is 5.32 Å². The molecule has 0 N–H and O–H groups in total. The van der Waals surface area contributed by atoms with E-state index in [1.165, 1.54) is 11.9 Å². The molecule has 3 amide bonds. The van der Waals surface area contributed by atoms with Crippen LogP contribution in [0.1, 0.15) is 6.92 Å². The number of carbonyl (C=O) groups excluding carboxylic acids is 2. The van der Waals surface area contributed by atoms with Gasteiger partial charge < -0.3 is 10.2 Å². The summed E-state index contributed by atoms with van der Waals surface area (Å²) >= 11 is 0. The van der Waals surface area contributed by atoms with Crippen LogP contribution < -0.4 is 0 Å². The van der Waals surface area contributed by atoms with E-state index < -0.39 is 5.54 Å². The molecule has 0 aromatic heterocycles. The largest absolute Gasteiger partial charge is 0.659 e. The van der Waals surface area contributed by atoms with Gasteiger partial charge in [-0.15, -0.1) is 13.1 Å². The Labute approximate surface area is 97.1 Å². The number of hydrogen-bond acceptors (Lipinski definition) is 2. The van der Waals surface area contributed by atoms with Crippen molar-refractivity contribution in [1.82, 2.24) is 9.80 Å². The molecule has 0 aliphatic carbocycles. The molecule has 0 aromatic rings. The SMILES string of the molecule is CN1C(=O)N2CC[N-]CC2(C)C1=O.[Pt]. The summed E-state index contributed by atoms with van der Waals surface area (Å²) in [5.41, 5.74) is -0.704. The average Bonchev–Trinajstić information content (AvgIpc) is 2.29. The standard InChI is InChI=1S/C8H12N3O2.Pt/c1-8-5-9-3-4-11(8)7(13)10(2)6(8)12;/h3-5H2,1-2H3;/q-1;. The fraction of sp³-hybridized carbons (Fsp3) is 0.750. The van der Waals surface area contributed by atoms with E-state index in [1.807, 2.05) is 0 Å². The Kier molecular flexibility index (Phi) is 3.02. The number of carbonyl (C=O) groups is 2. The molecule has 2 heterocycles. The number of amides is 3. The third kappa shape index (κ3) is 1.30. The molecule has 5 nitrogen and oxygen atoms in total. The molecule has 0 saturated carbocycles.